The fourth-order valence-corrected chi connectivity index (χ4v) is 2.43. The van der Waals surface area contributed by atoms with E-state index in [9.17, 15) is 10.2 Å². The van der Waals surface area contributed by atoms with E-state index < -0.39 is 0 Å². The molecule has 1 radical (unpaired) electrons. The summed E-state index contributed by atoms with van der Waals surface area (Å²) >= 11 is 0. The maximum atomic E-state index is 9.99. The van der Waals surface area contributed by atoms with Crippen LogP contribution < -0.4 is 9.47 Å². The van der Waals surface area contributed by atoms with Crippen LogP contribution in [0.25, 0.3) is 0 Å². The molecule has 0 aromatic heterocycles. The van der Waals surface area contributed by atoms with Gasteiger partial charge in [-0.2, -0.15) is 0 Å². The van der Waals surface area contributed by atoms with E-state index in [0.29, 0.717) is 35.8 Å². The average Bonchev–Trinajstić information content (AvgIpc) is 2.68. The van der Waals surface area contributed by atoms with Gasteiger partial charge in [-0.15, -0.1) is 0 Å². The van der Waals surface area contributed by atoms with Gasteiger partial charge in [0.05, 0.1) is 25.3 Å². The largest absolute Gasteiger partial charge is 0.507 e. The summed E-state index contributed by atoms with van der Waals surface area (Å²) in [7, 11) is 0. The molecule has 0 saturated carbocycles. The summed E-state index contributed by atoms with van der Waals surface area (Å²) in [6.45, 7) is 8.81. The number of rotatable bonds is 9. The molecule has 6 nitrogen and oxygen atoms in total. The summed E-state index contributed by atoms with van der Waals surface area (Å²) in [5.41, 5.74) is 1.19. The summed E-state index contributed by atoms with van der Waals surface area (Å²) in [6, 6.07) is 9.87. The number of benzene rings is 2. The number of phenolic OH excluding ortho intramolecular Hbond substituents is 2. The zero-order chi connectivity index (χ0) is 20.5. The predicted octanol–water partition coefficient (Wildman–Crippen LogP) is 4.21. The van der Waals surface area contributed by atoms with Crippen molar-refractivity contribution in [3.8, 4) is 23.0 Å². The fourth-order valence-electron chi connectivity index (χ4n) is 2.43. The van der Waals surface area contributed by atoms with E-state index in [1.807, 2.05) is 27.7 Å². The molecule has 0 heterocycles. The number of nitrogens with zero attached hydrogens (tertiary/aromatic N) is 2. The Morgan fingerprint density at radius 1 is 0.793 bits per heavy atom. The van der Waals surface area contributed by atoms with Gasteiger partial charge in [-0.1, -0.05) is 0 Å². The van der Waals surface area contributed by atoms with E-state index in [1.54, 1.807) is 48.8 Å². The monoisotopic (exact) mass is 439 g/mol. The van der Waals surface area contributed by atoms with Gasteiger partial charge in [-0.05, 0) is 64.1 Å². The topological polar surface area (TPSA) is 83.6 Å². The van der Waals surface area contributed by atoms with Gasteiger partial charge in [-0.25, -0.2) is 0 Å². The maximum absolute atomic E-state index is 9.99. The normalized spacial score (nSPS) is 13.2. The standard InChI is InChI=1S/C22H28N2O4.Mn/c1-5-27-19-7-9-21(25)17(11-19)13-23-15(3)16(4)24-14-18-12-20(28-6-2)8-10-22(18)26;/h7-16,25-26H,5-6H2,1-4H3;. The Labute approximate surface area is 182 Å². The van der Waals surface area contributed by atoms with Crippen molar-refractivity contribution in [1.82, 2.24) is 0 Å². The first kappa shape index (κ1) is 24.5. The van der Waals surface area contributed by atoms with Crippen LogP contribution >= 0.6 is 0 Å². The molecule has 0 aliphatic rings. The van der Waals surface area contributed by atoms with Crippen LogP contribution in [0.4, 0.5) is 0 Å². The molecular formula is C22H28MnN2O4. The maximum Gasteiger partial charge on any atom is 0.124 e. The van der Waals surface area contributed by atoms with Gasteiger partial charge in [-0.3, -0.25) is 9.98 Å². The second-order valence-electron chi connectivity index (χ2n) is 6.34. The summed E-state index contributed by atoms with van der Waals surface area (Å²) in [6.07, 6.45) is 3.25. The van der Waals surface area contributed by atoms with Crippen molar-refractivity contribution in [3.05, 3.63) is 47.5 Å². The van der Waals surface area contributed by atoms with Gasteiger partial charge in [0.15, 0.2) is 0 Å². The third kappa shape index (κ3) is 7.44. The zero-order valence-corrected chi connectivity index (χ0v) is 18.4. The van der Waals surface area contributed by atoms with Crippen LogP contribution in [0.2, 0.25) is 0 Å². The Morgan fingerprint density at radius 2 is 1.17 bits per heavy atom. The Morgan fingerprint density at radius 3 is 1.52 bits per heavy atom. The van der Waals surface area contributed by atoms with Crippen LogP contribution in [-0.4, -0.2) is 47.9 Å². The molecule has 0 aliphatic heterocycles. The molecule has 2 aromatic carbocycles. The van der Waals surface area contributed by atoms with Crippen molar-refractivity contribution in [3.63, 3.8) is 0 Å². The quantitative estimate of drug-likeness (QED) is 0.453. The van der Waals surface area contributed by atoms with Gasteiger partial charge in [0.1, 0.15) is 23.0 Å². The van der Waals surface area contributed by atoms with E-state index in [2.05, 4.69) is 9.98 Å². The van der Waals surface area contributed by atoms with Crippen molar-refractivity contribution in [2.75, 3.05) is 13.2 Å². The van der Waals surface area contributed by atoms with Crippen LogP contribution in [0.3, 0.4) is 0 Å². The second kappa shape index (κ2) is 12.1. The number of phenols is 2. The Bertz CT molecular complexity index is 770. The number of hydrogen-bond acceptors (Lipinski definition) is 6. The molecule has 2 unspecified atom stereocenters. The van der Waals surface area contributed by atoms with Crippen molar-refractivity contribution < 1.29 is 36.8 Å². The van der Waals surface area contributed by atoms with E-state index in [0.717, 1.165) is 0 Å². The van der Waals surface area contributed by atoms with Gasteiger partial charge in [0.2, 0.25) is 0 Å². The van der Waals surface area contributed by atoms with Gasteiger partial charge in [0, 0.05) is 40.6 Å². The minimum atomic E-state index is -0.122. The summed E-state index contributed by atoms with van der Waals surface area (Å²) in [4.78, 5) is 8.99. The van der Waals surface area contributed by atoms with Crippen molar-refractivity contribution in [2.24, 2.45) is 9.98 Å². The van der Waals surface area contributed by atoms with E-state index >= 15 is 0 Å². The molecule has 0 amide bonds. The SMILES string of the molecule is CCOc1ccc(O)c(C=NC(C)C(C)N=Cc2cc(OCC)ccc2O)c1.[Mn]. The van der Waals surface area contributed by atoms with Crippen LogP contribution in [0.5, 0.6) is 23.0 Å². The van der Waals surface area contributed by atoms with E-state index in [-0.39, 0.29) is 40.7 Å². The molecule has 29 heavy (non-hydrogen) atoms. The Hall–Kier alpha value is -2.50. The first-order chi connectivity index (χ1) is 13.4. The first-order valence-electron chi connectivity index (χ1n) is 9.42. The van der Waals surface area contributed by atoms with Gasteiger partial charge in [0.25, 0.3) is 0 Å². The number of aromatic hydroxyl groups is 2. The summed E-state index contributed by atoms with van der Waals surface area (Å²) < 4.78 is 10.9. The fraction of sp³-hybridized carbons (Fsp3) is 0.364. The van der Waals surface area contributed by atoms with Crippen molar-refractivity contribution >= 4 is 12.4 Å². The zero-order valence-electron chi connectivity index (χ0n) is 17.2. The molecule has 0 aliphatic carbocycles. The molecule has 2 rings (SSSR count). The Kier molecular flexibility index (Phi) is 10.3. The third-order valence-electron chi connectivity index (χ3n) is 4.22. The molecule has 0 bridgehead atoms. The Balaban J connectivity index is 0.00000420. The number of aliphatic imine (C=N–C) groups is 2. The van der Waals surface area contributed by atoms with E-state index in [1.165, 1.54) is 0 Å². The molecular weight excluding hydrogens is 411 g/mol. The van der Waals surface area contributed by atoms with Gasteiger partial charge < -0.3 is 19.7 Å². The van der Waals surface area contributed by atoms with Crippen molar-refractivity contribution in [1.29, 1.82) is 0 Å². The molecule has 2 atom stereocenters. The molecule has 2 N–H and O–H groups in total. The van der Waals surface area contributed by atoms with E-state index in [4.69, 9.17) is 9.47 Å². The molecule has 0 saturated heterocycles. The van der Waals surface area contributed by atoms with Crippen LogP contribution in [0.1, 0.15) is 38.8 Å². The van der Waals surface area contributed by atoms with Crippen LogP contribution in [0, 0.1) is 0 Å². The summed E-state index contributed by atoms with van der Waals surface area (Å²) in [5.74, 6) is 1.66. The molecule has 2 aromatic rings. The molecule has 0 spiro atoms. The predicted molar refractivity (Wildman–Crippen MR) is 113 cm³/mol. The molecule has 7 heteroatoms. The number of hydrogen-bond donors (Lipinski definition) is 2. The summed E-state index contributed by atoms with van der Waals surface area (Å²) in [5, 5.41) is 20.0. The second-order valence-corrected chi connectivity index (χ2v) is 6.34. The van der Waals surface area contributed by atoms with Crippen LogP contribution in [0.15, 0.2) is 46.4 Å². The van der Waals surface area contributed by atoms with Crippen LogP contribution in [-0.2, 0) is 17.1 Å². The first-order valence-corrected chi connectivity index (χ1v) is 9.42. The molecule has 0 fully saturated rings. The van der Waals surface area contributed by atoms with Crippen molar-refractivity contribution in [2.45, 2.75) is 39.8 Å². The minimum Gasteiger partial charge on any atom is -0.507 e. The minimum absolute atomic E-state index is 0. The third-order valence-corrected chi connectivity index (χ3v) is 4.22. The smallest absolute Gasteiger partial charge is 0.124 e. The number of ether oxygens (including phenoxy) is 2. The molecule has 157 valence electrons. The average molecular weight is 439 g/mol. The van der Waals surface area contributed by atoms with Gasteiger partial charge >= 0.3 is 0 Å².